The molecule has 0 aromatic heterocycles. The second kappa shape index (κ2) is 5.00. The van der Waals surface area contributed by atoms with E-state index >= 15 is 0 Å². The van der Waals surface area contributed by atoms with E-state index in [1.165, 1.54) is 0 Å². The van der Waals surface area contributed by atoms with Crippen molar-refractivity contribution < 1.29 is 17.9 Å². The van der Waals surface area contributed by atoms with Gasteiger partial charge in [-0.25, -0.2) is 0 Å². The summed E-state index contributed by atoms with van der Waals surface area (Å²) in [7, 11) is 0. The van der Waals surface area contributed by atoms with E-state index in [0.717, 1.165) is 27.8 Å². The van der Waals surface area contributed by atoms with Gasteiger partial charge in [0.2, 0.25) is 0 Å². The van der Waals surface area contributed by atoms with Crippen molar-refractivity contribution in [3.8, 4) is 5.75 Å². The standard InChI is InChI=1S/C14H16BrF3O/c1-13(2,4-5-14(16,17)18)11-8-10(15)7-9-3-6-19-12(9)11/h7-8H,3-6H2,1-2H3. The summed E-state index contributed by atoms with van der Waals surface area (Å²) >= 11 is 3.42. The normalized spacial score (nSPS) is 15.3. The van der Waals surface area contributed by atoms with Crippen LogP contribution in [0.2, 0.25) is 0 Å². The maximum Gasteiger partial charge on any atom is 0.389 e. The Morgan fingerprint density at radius 2 is 1.89 bits per heavy atom. The average Bonchev–Trinajstić information content (AvgIpc) is 2.72. The van der Waals surface area contributed by atoms with Gasteiger partial charge in [0.15, 0.2) is 0 Å². The Labute approximate surface area is 119 Å². The molecule has 0 saturated heterocycles. The maximum atomic E-state index is 12.4. The van der Waals surface area contributed by atoms with Crippen molar-refractivity contribution in [3.63, 3.8) is 0 Å². The van der Waals surface area contributed by atoms with Crippen molar-refractivity contribution >= 4 is 15.9 Å². The zero-order chi connectivity index (χ0) is 14.3. The summed E-state index contributed by atoms with van der Waals surface area (Å²) in [5.41, 5.74) is 1.37. The van der Waals surface area contributed by atoms with Crippen LogP contribution in [0, 0.1) is 0 Å². The minimum absolute atomic E-state index is 0.0583. The molecule has 1 aliphatic rings. The van der Waals surface area contributed by atoms with Crippen molar-refractivity contribution in [1.29, 1.82) is 0 Å². The number of fused-ring (bicyclic) bond motifs is 1. The van der Waals surface area contributed by atoms with Crippen LogP contribution >= 0.6 is 15.9 Å². The Bertz CT molecular complexity index is 480. The number of ether oxygens (including phenoxy) is 1. The third-order valence-electron chi connectivity index (χ3n) is 3.51. The van der Waals surface area contributed by atoms with Gasteiger partial charge in [0.25, 0.3) is 0 Å². The Morgan fingerprint density at radius 1 is 1.21 bits per heavy atom. The molecule has 0 aliphatic carbocycles. The van der Waals surface area contributed by atoms with Gasteiger partial charge in [0.05, 0.1) is 6.61 Å². The molecule has 19 heavy (non-hydrogen) atoms. The summed E-state index contributed by atoms with van der Waals surface area (Å²) in [6.45, 7) is 4.28. The quantitative estimate of drug-likeness (QED) is 0.754. The van der Waals surface area contributed by atoms with E-state index in [4.69, 9.17) is 4.74 Å². The van der Waals surface area contributed by atoms with Gasteiger partial charge in [-0.15, -0.1) is 0 Å². The molecule has 1 aromatic rings. The first-order valence-corrected chi connectivity index (χ1v) is 7.01. The van der Waals surface area contributed by atoms with Crippen LogP contribution in [0.1, 0.15) is 37.8 Å². The van der Waals surface area contributed by atoms with Crippen molar-refractivity contribution in [2.45, 2.75) is 44.7 Å². The molecule has 1 aromatic carbocycles. The first-order chi connectivity index (χ1) is 8.69. The van der Waals surface area contributed by atoms with Crippen LogP contribution in [-0.4, -0.2) is 12.8 Å². The molecule has 0 fully saturated rings. The van der Waals surface area contributed by atoms with E-state index in [1.807, 2.05) is 26.0 Å². The second-order valence-electron chi connectivity index (χ2n) is 5.54. The molecule has 0 amide bonds. The summed E-state index contributed by atoms with van der Waals surface area (Å²) in [4.78, 5) is 0. The van der Waals surface area contributed by atoms with Crippen LogP contribution in [0.4, 0.5) is 13.2 Å². The summed E-state index contributed by atoms with van der Waals surface area (Å²) < 4.78 is 43.7. The number of halogens is 4. The molecule has 2 rings (SSSR count). The Kier molecular flexibility index (Phi) is 3.87. The zero-order valence-electron chi connectivity index (χ0n) is 10.9. The third kappa shape index (κ3) is 3.44. The predicted molar refractivity (Wildman–Crippen MR) is 71.7 cm³/mol. The maximum absolute atomic E-state index is 12.4. The molecule has 1 nitrogen and oxygen atoms in total. The minimum atomic E-state index is -4.12. The highest BCUT2D eigenvalue weighted by molar-refractivity contribution is 9.10. The lowest BCUT2D eigenvalue weighted by Gasteiger charge is -2.28. The van der Waals surface area contributed by atoms with Crippen LogP contribution in [0.15, 0.2) is 16.6 Å². The lowest BCUT2D eigenvalue weighted by Crippen LogP contribution is -2.22. The monoisotopic (exact) mass is 336 g/mol. The Balaban J connectivity index is 2.30. The van der Waals surface area contributed by atoms with Crippen molar-refractivity contribution in [3.05, 3.63) is 27.7 Å². The highest BCUT2D eigenvalue weighted by atomic mass is 79.9. The largest absolute Gasteiger partial charge is 0.493 e. The fraction of sp³-hybridized carbons (Fsp3) is 0.571. The van der Waals surface area contributed by atoms with Gasteiger partial charge in [-0.3, -0.25) is 0 Å². The molecular weight excluding hydrogens is 321 g/mol. The number of rotatable bonds is 3. The lowest BCUT2D eigenvalue weighted by atomic mass is 9.79. The van der Waals surface area contributed by atoms with E-state index < -0.39 is 18.0 Å². The lowest BCUT2D eigenvalue weighted by molar-refractivity contribution is -0.138. The summed E-state index contributed by atoms with van der Waals surface area (Å²) in [6, 6.07) is 3.85. The first-order valence-electron chi connectivity index (χ1n) is 6.21. The van der Waals surface area contributed by atoms with Crippen LogP contribution in [-0.2, 0) is 11.8 Å². The molecule has 5 heteroatoms. The van der Waals surface area contributed by atoms with E-state index in [9.17, 15) is 13.2 Å². The smallest absolute Gasteiger partial charge is 0.389 e. The number of alkyl halides is 3. The van der Waals surface area contributed by atoms with Crippen molar-refractivity contribution in [1.82, 2.24) is 0 Å². The van der Waals surface area contributed by atoms with Gasteiger partial charge in [-0.1, -0.05) is 29.8 Å². The molecule has 0 saturated carbocycles. The zero-order valence-corrected chi connectivity index (χ0v) is 12.5. The number of hydrogen-bond acceptors (Lipinski definition) is 1. The van der Waals surface area contributed by atoms with E-state index in [-0.39, 0.29) is 6.42 Å². The van der Waals surface area contributed by atoms with Gasteiger partial charge >= 0.3 is 6.18 Å². The van der Waals surface area contributed by atoms with E-state index in [0.29, 0.717) is 6.61 Å². The molecule has 1 aliphatic heterocycles. The predicted octanol–water partition coefficient (Wildman–Crippen LogP) is 5.00. The fourth-order valence-corrected chi connectivity index (χ4v) is 2.87. The van der Waals surface area contributed by atoms with Gasteiger partial charge in [0, 0.05) is 22.9 Å². The van der Waals surface area contributed by atoms with Crippen molar-refractivity contribution in [2.24, 2.45) is 0 Å². The van der Waals surface area contributed by atoms with E-state index in [2.05, 4.69) is 15.9 Å². The van der Waals surface area contributed by atoms with Crippen molar-refractivity contribution in [2.75, 3.05) is 6.61 Å². The highest BCUT2D eigenvalue weighted by Crippen LogP contribution is 2.43. The Morgan fingerprint density at radius 3 is 2.53 bits per heavy atom. The van der Waals surface area contributed by atoms with Gasteiger partial charge < -0.3 is 4.74 Å². The van der Waals surface area contributed by atoms with Gasteiger partial charge in [-0.2, -0.15) is 13.2 Å². The number of benzene rings is 1. The second-order valence-corrected chi connectivity index (χ2v) is 6.45. The third-order valence-corrected chi connectivity index (χ3v) is 3.97. The van der Waals surface area contributed by atoms with Crippen LogP contribution in [0.5, 0.6) is 5.75 Å². The summed E-state index contributed by atoms with van der Waals surface area (Å²) in [5.74, 6) is 0.773. The molecule has 0 spiro atoms. The topological polar surface area (TPSA) is 9.23 Å². The SMILES string of the molecule is CC(C)(CCC(F)(F)F)c1cc(Br)cc2c1OCC2. The highest BCUT2D eigenvalue weighted by Gasteiger charge is 2.34. The molecule has 0 bridgehead atoms. The average molecular weight is 337 g/mol. The first kappa shape index (κ1) is 14.7. The summed E-state index contributed by atoms with van der Waals surface area (Å²) in [6.07, 6.45) is -4.02. The molecular formula is C14H16BrF3O. The summed E-state index contributed by atoms with van der Waals surface area (Å²) in [5, 5.41) is 0. The molecule has 0 atom stereocenters. The van der Waals surface area contributed by atoms with Gasteiger partial charge in [0.1, 0.15) is 5.75 Å². The number of hydrogen-bond donors (Lipinski definition) is 0. The molecule has 1 heterocycles. The minimum Gasteiger partial charge on any atom is -0.493 e. The van der Waals surface area contributed by atoms with Crippen LogP contribution in [0.3, 0.4) is 0 Å². The van der Waals surface area contributed by atoms with Crippen LogP contribution < -0.4 is 4.74 Å². The van der Waals surface area contributed by atoms with Gasteiger partial charge in [-0.05, 0) is 29.5 Å². The molecule has 106 valence electrons. The molecule has 0 N–H and O–H groups in total. The molecule has 0 unspecified atom stereocenters. The molecule has 0 radical (unpaired) electrons. The van der Waals surface area contributed by atoms with Crippen LogP contribution in [0.25, 0.3) is 0 Å². The Hall–Kier alpha value is -0.710. The van der Waals surface area contributed by atoms with E-state index in [1.54, 1.807) is 0 Å². The fourth-order valence-electron chi connectivity index (χ4n) is 2.36.